The summed E-state index contributed by atoms with van der Waals surface area (Å²) in [6.45, 7) is -0.480. The lowest BCUT2D eigenvalue weighted by atomic mass is 10.00. The van der Waals surface area contributed by atoms with E-state index in [0.717, 1.165) is 18.3 Å². The third-order valence-corrected chi connectivity index (χ3v) is 2.81. The molecule has 2 aromatic rings. The van der Waals surface area contributed by atoms with Crippen molar-refractivity contribution in [3.63, 3.8) is 0 Å². The zero-order chi connectivity index (χ0) is 16.3. The molecule has 1 heterocycles. The van der Waals surface area contributed by atoms with Crippen LogP contribution in [0.15, 0.2) is 30.5 Å². The Kier molecular flexibility index (Phi) is 4.51. The standard InChI is InChI=1S/C14H11F4NO3/c1-21-13-5-11(12(15)6-19-13)10-4-9(22-14(16,17)18)3-2-8(10)7-20/h2-6,20H,7H2,1H3. The molecule has 0 aliphatic rings. The summed E-state index contributed by atoms with van der Waals surface area (Å²) in [6, 6.07) is 4.49. The summed E-state index contributed by atoms with van der Waals surface area (Å²) in [5.74, 6) is -1.20. The number of halogens is 4. The first-order chi connectivity index (χ1) is 10.3. The number of benzene rings is 1. The molecule has 0 bridgehead atoms. The minimum Gasteiger partial charge on any atom is -0.481 e. The van der Waals surface area contributed by atoms with Crippen LogP contribution in [0.4, 0.5) is 17.6 Å². The van der Waals surface area contributed by atoms with Crippen LogP contribution in [0.5, 0.6) is 11.6 Å². The van der Waals surface area contributed by atoms with Gasteiger partial charge < -0.3 is 14.6 Å². The fraction of sp³-hybridized carbons (Fsp3) is 0.214. The lowest BCUT2D eigenvalue weighted by molar-refractivity contribution is -0.274. The molecule has 0 unspecified atom stereocenters. The smallest absolute Gasteiger partial charge is 0.481 e. The largest absolute Gasteiger partial charge is 0.573 e. The van der Waals surface area contributed by atoms with Gasteiger partial charge in [0.25, 0.3) is 0 Å². The van der Waals surface area contributed by atoms with E-state index in [0.29, 0.717) is 0 Å². The van der Waals surface area contributed by atoms with Gasteiger partial charge in [-0.2, -0.15) is 0 Å². The molecule has 118 valence electrons. The Morgan fingerprint density at radius 2 is 1.91 bits per heavy atom. The number of aromatic nitrogens is 1. The first-order valence-electron chi connectivity index (χ1n) is 6.03. The fourth-order valence-corrected chi connectivity index (χ4v) is 1.88. The molecule has 0 amide bonds. The second-order valence-corrected chi connectivity index (χ2v) is 4.23. The van der Waals surface area contributed by atoms with Crippen LogP contribution >= 0.6 is 0 Å². The fourth-order valence-electron chi connectivity index (χ4n) is 1.88. The van der Waals surface area contributed by atoms with E-state index in [2.05, 4.69) is 9.72 Å². The zero-order valence-electron chi connectivity index (χ0n) is 11.3. The number of nitrogens with zero attached hydrogens (tertiary/aromatic N) is 1. The van der Waals surface area contributed by atoms with Crippen LogP contribution in [-0.2, 0) is 6.61 Å². The Hall–Kier alpha value is -2.35. The number of rotatable bonds is 4. The van der Waals surface area contributed by atoms with Crippen molar-refractivity contribution in [3.8, 4) is 22.8 Å². The van der Waals surface area contributed by atoms with E-state index in [1.807, 2.05) is 0 Å². The number of hydrogen-bond acceptors (Lipinski definition) is 4. The molecular formula is C14H11F4NO3. The van der Waals surface area contributed by atoms with Crippen molar-refractivity contribution in [3.05, 3.63) is 41.8 Å². The van der Waals surface area contributed by atoms with Crippen molar-refractivity contribution in [1.29, 1.82) is 0 Å². The number of hydrogen-bond donors (Lipinski definition) is 1. The molecule has 8 heteroatoms. The lowest BCUT2D eigenvalue weighted by Gasteiger charge is -2.14. The van der Waals surface area contributed by atoms with Gasteiger partial charge >= 0.3 is 6.36 Å². The average molecular weight is 317 g/mol. The number of ether oxygens (including phenoxy) is 2. The monoisotopic (exact) mass is 317 g/mol. The van der Waals surface area contributed by atoms with Gasteiger partial charge in [-0.05, 0) is 23.3 Å². The molecule has 1 aromatic carbocycles. The van der Waals surface area contributed by atoms with E-state index in [9.17, 15) is 22.7 Å². The molecule has 22 heavy (non-hydrogen) atoms. The number of aliphatic hydroxyl groups is 1. The molecule has 0 aliphatic carbocycles. The van der Waals surface area contributed by atoms with Crippen LogP contribution in [0.2, 0.25) is 0 Å². The van der Waals surface area contributed by atoms with Gasteiger partial charge in [0.1, 0.15) is 11.6 Å². The summed E-state index contributed by atoms with van der Waals surface area (Å²) >= 11 is 0. The third kappa shape index (κ3) is 3.64. The van der Waals surface area contributed by atoms with Crippen molar-refractivity contribution in [2.45, 2.75) is 13.0 Å². The molecule has 0 saturated carbocycles. The van der Waals surface area contributed by atoms with Crippen LogP contribution in [0.25, 0.3) is 11.1 Å². The van der Waals surface area contributed by atoms with E-state index in [4.69, 9.17) is 4.74 Å². The van der Waals surface area contributed by atoms with Crippen LogP contribution in [0.3, 0.4) is 0 Å². The Morgan fingerprint density at radius 3 is 2.50 bits per heavy atom. The van der Waals surface area contributed by atoms with Crippen molar-refractivity contribution in [1.82, 2.24) is 4.98 Å². The van der Waals surface area contributed by atoms with Crippen molar-refractivity contribution in [2.75, 3.05) is 7.11 Å². The summed E-state index contributed by atoms with van der Waals surface area (Å²) in [5, 5.41) is 9.29. The van der Waals surface area contributed by atoms with Gasteiger partial charge in [-0.1, -0.05) is 6.07 Å². The summed E-state index contributed by atoms with van der Waals surface area (Å²) in [4.78, 5) is 3.65. The van der Waals surface area contributed by atoms with Crippen molar-refractivity contribution >= 4 is 0 Å². The van der Waals surface area contributed by atoms with Gasteiger partial charge in [0.2, 0.25) is 5.88 Å². The molecule has 0 atom stereocenters. The molecule has 1 aromatic heterocycles. The predicted molar refractivity (Wildman–Crippen MR) is 68.8 cm³/mol. The Bertz CT molecular complexity index is 674. The minimum atomic E-state index is -4.87. The highest BCUT2D eigenvalue weighted by atomic mass is 19.4. The second kappa shape index (κ2) is 6.18. The number of methoxy groups -OCH3 is 1. The molecule has 0 saturated heterocycles. The van der Waals surface area contributed by atoms with Crippen LogP contribution in [-0.4, -0.2) is 23.6 Å². The maximum Gasteiger partial charge on any atom is 0.573 e. The van der Waals surface area contributed by atoms with E-state index in [1.54, 1.807) is 0 Å². The van der Waals surface area contributed by atoms with Gasteiger partial charge in [0.15, 0.2) is 0 Å². The third-order valence-electron chi connectivity index (χ3n) is 2.81. The van der Waals surface area contributed by atoms with E-state index >= 15 is 0 Å². The van der Waals surface area contributed by atoms with Gasteiger partial charge in [-0.3, -0.25) is 0 Å². The molecule has 0 aliphatic heterocycles. The summed E-state index contributed by atoms with van der Waals surface area (Å²) < 4.78 is 59.4. The first-order valence-corrected chi connectivity index (χ1v) is 6.03. The summed E-state index contributed by atoms with van der Waals surface area (Å²) in [5.41, 5.74) is 0.243. The summed E-state index contributed by atoms with van der Waals surface area (Å²) in [7, 11) is 1.32. The molecule has 0 spiro atoms. The van der Waals surface area contributed by atoms with Crippen LogP contribution < -0.4 is 9.47 Å². The molecule has 2 rings (SSSR count). The maximum atomic E-state index is 13.9. The number of aliphatic hydroxyl groups excluding tert-OH is 1. The summed E-state index contributed by atoms with van der Waals surface area (Å²) in [6.07, 6.45) is -3.99. The van der Waals surface area contributed by atoms with Crippen molar-refractivity contribution in [2.24, 2.45) is 0 Å². The lowest BCUT2D eigenvalue weighted by Crippen LogP contribution is -2.17. The highest BCUT2D eigenvalue weighted by molar-refractivity contribution is 5.70. The molecular weight excluding hydrogens is 306 g/mol. The second-order valence-electron chi connectivity index (χ2n) is 4.23. The predicted octanol–water partition coefficient (Wildman–Crippen LogP) is 3.29. The average Bonchev–Trinajstić information content (AvgIpc) is 2.46. The molecule has 0 radical (unpaired) electrons. The zero-order valence-corrected chi connectivity index (χ0v) is 11.3. The Balaban J connectivity index is 2.55. The van der Waals surface area contributed by atoms with Gasteiger partial charge in [-0.25, -0.2) is 9.37 Å². The number of pyridine rings is 1. The van der Waals surface area contributed by atoms with Crippen LogP contribution in [0, 0.1) is 5.82 Å². The number of alkyl halides is 3. The highest BCUT2D eigenvalue weighted by Gasteiger charge is 2.31. The topological polar surface area (TPSA) is 51.6 Å². The van der Waals surface area contributed by atoms with Gasteiger partial charge in [0, 0.05) is 11.6 Å². The maximum absolute atomic E-state index is 13.9. The van der Waals surface area contributed by atoms with Gasteiger partial charge in [0.05, 0.1) is 19.9 Å². The van der Waals surface area contributed by atoms with E-state index in [-0.39, 0.29) is 22.6 Å². The Labute approximate surface area is 122 Å². The van der Waals surface area contributed by atoms with Crippen LogP contribution in [0.1, 0.15) is 5.56 Å². The van der Waals surface area contributed by atoms with Crippen molar-refractivity contribution < 1.29 is 32.1 Å². The van der Waals surface area contributed by atoms with E-state index in [1.165, 1.54) is 19.2 Å². The highest BCUT2D eigenvalue weighted by Crippen LogP contribution is 2.33. The molecule has 0 fully saturated rings. The quantitative estimate of drug-likeness (QED) is 0.879. The molecule has 1 N–H and O–H groups in total. The SMILES string of the molecule is COc1cc(-c2cc(OC(F)(F)F)ccc2CO)c(F)cn1. The minimum absolute atomic E-state index is 0.0523. The normalized spacial score (nSPS) is 11.4. The van der Waals surface area contributed by atoms with Gasteiger partial charge in [-0.15, -0.1) is 13.2 Å². The first kappa shape index (κ1) is 16.0. The Morgan fingerprint density at radius 1 is 1.18 bits per heavy atom. The molecule has 4 nitrogen and oxygen atoms in total. The van der Waals surface area contributed by atoms with E-state index < -0.39 is 24.5 Å².